The number of nitriles is 1. The number of ether oxygens (including phenoxy) is 1. The van der Waals surface area contributed by atoms with Gasteiger partial charge in [-0.25, -0.2) is 0 Å². The van der Waals surface area contributed by atoms with Crippen LogP contribution in [0.5, 0.6) is 0 Å². The van der Waals surface area contributed by atoms with Gasteiger partial charge in [0, 0.05) is 25.7 Å². The molecule has 0 spiro atoms. The Bertz CT molecular complexity index is 286. The molecule has 4 nitrogen and oxygen atoms in total. The predicted octanol–water partition coefficient (Wildman–Crippen LogP) is 2.79. The zero-order chi connectivity index (χ0) is 15.6. The summed E-state index contributed by atoms with van der Waals surface area (Å²) in [6, 6.07) is 3.29. The Kier molecular flexibility index (Phi) is 9.83. The molecule has 0 radical (unpaired) electrons. The van der Waals surface area contributed by atoms with E-state index < -0.39 is 5.54 Å². The van der Waals surface area contributed by atoms with Crippen molar-refractivity contribution in [3.8, 4) is 6.07 Å². The second kappa shape index (κ2) is 10.1. The van der Waals surface area contributed by atoms with E-state index in [1.165, 1.54) is 0 Å². The summed E-state index contributed by atoms with van der Waals surface area (Å²) in [4.78, 5) is 2.43. The molecule has 1 N–H and O–H groups in total. The normalized spacial score (nSPS) is 14.8. The quantitative estimate of drug-likeness (QED) is 0.592. The molecular formula is C16H33N3O. The smallest absolute Gasteiger partial charge is 0.104 e. The summed E-state index contributed by atoms with van der Waals surface area (Å²) >= 11 is 0. The lowest BCUT2D eigenvalue weighted by molar-refractivity contribution is 0.127. The van der Waals surface area contributed by atoms with Crippen molar-refractivity contribution in [2.45, 2.75) is 71.5 Å². The number of hydrogen-bond donors (Lipinski definition) is 1. The van der Waals surface area contributed by atoms with Gasteiger partial charge in [-0.3, -0.25) is 10.2 Å². The first-order valence-corrected chi connectivity index (χ1v) is 7.76. The molecule has 1 atom stereocenters. The Hall–Kier alpha value is -0.630. The maximum absolute atomic E-state index is 9.31. The van der Waals surface area contributed by atoms with E-state index in [9.17, 15) is 5.26 Å². The minimum absolute atomic E-state index is 0.341. The molecule has 0 bridgehead atoms. The molecule has 0 rings (SSSR count). The van der Waals surface area contributed by atoms with E-state index in [-0.39, 0.29) is 0 Å². The van der Waals surface area contributed by atoms with Crippen LogP contribution >= 0.6 is 0 Å². The molecule has 0 saturated heterocycles. The van der Waals surface area contributed by atoms with Crippen molar-refractivity contribution < 1.29 is 4.74 Å². The molecule has 20 heavy (non-hydrogen) atoms. The Labute approximate surface area is 125 Å². The summed E-state index contributed by atoms with van der Waals surface area (Å²) in [5, 5.41) is 12.7. The first-order valence-electron chi connectivity index (χ1n) is 7.76. The van der Waals surface area contributed by atoms with Crippen LogP contribution in [0.15, 0.2) is 0 Å². The molecule has 0 saturated carbocycles. The monoisotopic (exact) mass is 283 g/mol. The topological polar surface area (TPSA) is 48.3 Å². The zero-order valence-corrected chi connectivity index (χ0v) is 14.2. The van der Waals surface area contributed by atoms with Crippen LogP contribution < -0.4 is 5.32 Å². The van der Waals surface area contributed by atoms with Crippen molar-refractivity contribution in [1.29, 1.82) is 5.26 Å². The summed E-state index contributed by atoms with van der Waals surface area (Å²) in [5.41, 5.74) is -0.399. The van der Waals surface area contributed by atoms with Crippen molar-refractivity contribution in [1.82, 2.24) is 10.2 Å². The average molecular weight is 283 g/mol. The van der Waals surface area contributed by atoms with Crippen molar-refractivity contribution in [3.63, 3.8) is 0 Å². The maximum Gasteiger partial charge on any atom is 0.104 e. The molecule has 0 aromatic rings. The van der Waals surface area contributed by atoms with E-state index in [0.717, 1.165) is 39.0 Å². The molecule has 0 heterocycles. The van der Waals surface area contributed by atoms with Gasteiger partial charge < -0.3 is 4.74 Å². The second-order valence-electron chi connectivity index (χ2n) is 6.32. The van der Waals surface area contributed by atoms with Crippen LogP contribution in [-0.2, 0) is 4.74 Å². The summed E-state index contributed by atoms with van der Waals surface area (Å²) < 4.78 is 5.15. The SMILES string of the molecule is COCCN(CCCCC(C)(C#N)NC(C)C)C(C)C. The Morgan fingerprint density at radius 1 is 1.20 bits per heavy atom. The van der Waals surface area contributed by atoms with Gasteiger partial charge >= 0.3 is 0 Å². The van der Waals surface area contributed by atoms with Crippen molar-refractivity contribution in [2.24, 2.45) is 0 Å². The minimum Gasteiger partial charge on any atom is -0.383 e. The Morgan fingerprint density at radius 3 is 2.30 bits per heavy atom. The van der Waals surface area contributed by atoms with E-state index in [4.69, 9.17) is 4.74 Å². The third kappa shape index (κ3) is 8.52. The number of nitrogens with zero attached hydrogens (tertiary/aromatic N) is 2. The van der Waals surface area contributed by atoms with Crippen LogP contribution in [-0.4, -0.2) is 49.3 Å². The van der Waals surface area contributed by atoms with Gasteiger partial charge in [0.1, 0.15) is 5.54 Å². The average Bonchev–Trinajstić information content (AvgIpc) is 2.36. The maximum atomic E-state index is 9.31. The van der Waals surface area contributed by atoms with Gasteiger partial charge in [0.15, 0.2) is 0 Å². The highest BCUT2D eigenvalue weighted by atomic mass is 16.5. The lowest BCUT2D eigenvalue weighted by Crippen LogP contribution is -2.45. The fraction of sp³-hybridized carbons (Fsp3) is 0.938. The number of rotatable bonds is 11. The van der Waals surface area contributed by atoms with Crippen LogP contribution in [0.3, 0.4) is 0 Å². The van der Waals surface area contributed by atoms with Gasteiger partial charge in [0.2, 0.25) is 0 Å². The molecule has 0 aliphatic carbocycles. The lowest BCUT2D eigenvalue weighted by Gasteiger charge is -2.28. The van der Waals surface area contributed by atoms with Crippen LogP contribution in [0.2, 0.25) is 0 Å². The fourth-order valence-corrected chi connectivity index (χ4v) is 2.43. The van der Waals surface area contributed by atoms with Gasteiger partial charge in [-0.1, -0.05) is 0 Å². The van der Waals surface area contributed by atoms with Crippen LogP contribution in [0, 0.1) is 11.3 Å². The lowest BCUT2D eigenvalue weighted by atomic mass is 9.95. The van der Waals surface area contributed by atoms with Gasteiger partial charge in [-0.2, -0.15) is 5.26 Å². The second-order valence-corrected chi connectivity index (χ2v) is 6.32. The van der Waals surface area contributed by atoms with Crippen molar-refractivity contribution in [3.05, 3.63) is 0 Å². The van der Waals surface area contributed by atoms with E-state index in [0.29, 0.717) is 12.1 Å². The molecule has 0 aromatic heterocycles. The fourth-order valence-electron chi connectivity index (χ4n) is 2.43. The molecule has 0 amide bonds. The first kappa shape index (κ1) is 19.4. The Balaban J connectivity index is 4.06. The van der Waals surface area contributed by atoms with Gasteiger partial charge in [-0.05, 0) is 60.4 Å². The highest BCUT2D eigenvalue weighted by Crippen LogP contribution is 2.14. The van der Waals surface area contributed by atoms with Crippen LogP contribution in [0.1, 0.15) is 53.9 Å². The molecule has 118 valence electrons. The predicted molar refractivity (Wildman–Crippen MR) is 84.7 cm³/mol. The molecule has 0 aliphatic rings. The van der Waals surface area contributed by atoms with E-state index >= 15 is 0 Å². The standard InChI is InChI=1S/C16H33N3O/c1-14(2)18-16(5,13-17)9-7-8-10-19(15(3)4)11-12-20-6/h14-15,18H,7-12H2,1-6H3. The minimum atomic E-state index is -0.399. The molecular weight excluding hydrogens is 250 g/mol. The molecule has 0 fully saturated rings. The number of unbranched alkanes of at least 4 members (excludes halogenated alkanes) is 1. The van der Waals surface area contributed by atoms with Gasteiger partial charge in [0.05, 0.1) is 12.7 Å². The third-order valence-electron chi connectivity index (χ3n) is 3.54. The number of hydrogen-bond acceptors (Lipinski definition) is 4. The summed E-state index contributed by atoms with van der Waals surface area (Å²) in [5.74, 6) is 0. The van der Waals surface area contributed by atoms with Gasteiger partial charge in [-0.15, -0.1) is 0 Å². The zero-order valence-electron chi connectivity index (χ0n) is 14.2. The largest absolute Gasteiger partial charge is 0.383 e. The number of methoxy groups -OCH3 is 1. The summed E-state index contributed by atoms with van der Waals surface area (Å²) in [7, 11) is 1.74. The first-order chi connectivity index (χ1) is 9.34. The molecule has 0 aromatic carbocycles. The van der Waals surface area contributed by atoms with Crippen LogP contribution in [0.4, 0.5) is 0 Å². The van der Waals surface area contributed by atoms with E-state index in [1.807, 2.05) is 6.92 Å². The summed E-state index contributed by atoms with van der Waals surface area (Å²) in [6.45, 7) is 13.4. The summed E-state index contributed by atoms with van der Waals surface area (Å²) in [6.07, 6.45) is 3.09. The van der Waals surface area contributed by atoms with Crippen LogP contribution in [0.25, 0.3) is 0 Å². The number of nitrogens with one attached hydrogen (secondary N) is 1. The third-order valence-corrected chi connectivity index (χ3v) is 3.54. The van der Waals surface area contributed by atoms with Crippen molar-refractivity contribution in [2.75, 3.05) is 26.8 Å². The molecule has 1 unspecified atom stereocenters. The Morgan fingerprint density at radius 2 is 1.85 bits per heavy atom. The van der Waals surface area contributed by atoms with E-state index in [2.05, 4.69) is 44.0 Å². The highest BCUT2D eigenvalue weighted by molar-refractivity contribution is 5.04. The molecule has 4 heteroatoms. The highest BCUT2D eigenvalue weighted by Gasteiger charge is 2.23. The van der Waals surface area contributed by atoms with E-state index in [1.54, 1.807) is 7.11 Å². The molecule has 0 aliphatic heterocycles. The van der Waals surface area contributed by atoms with Gasteiger partial charge in [0.25, 0.3) is 0 Å². The van der Waals surface area contributed by atoms with Crippen molar-refractivity contribution >= 4 is 0 Å².